The van der Waals surface area contributed by atoms with Gasteiger partial charge in [-0.05, 0) is 44.7 Å². The first-order valence-electron chi connectivity index (χ1n) is 10.1. The lowest BCUT2D eigenvalue weighted by molar-refractivity contribution is -0.275. The number of fused-ring (bicyclic) bond motifs is 1. The van der Waals surface area contributed by atoms with Gasteiger partial charge in [-0.1, -0.05) is 0 Å². The van der Waals surface area contributed by atoms with E-state index in [1.807, 2.05) is 18.9 Å². The average molecular weight is 454 g/mol. The van der Waals surface area contributed by atoms with Gasteiger partial charge in [-0.15, -0.1) is 13.2 Å². The number of alkyl halides is 3. The molecule has 1 saturated carbocycles. The monoisotopic (exact) mass is 454 g/mol. The molecule has 1 aromatic carbocycles. The molecule has 1 N–H and O–H groups in total. The highest BCUT2D eigenvalue weighted by atomic mass is 19.4. The molecule has 1 atom stereocenters. The third-order valence-electron chi connectivity index (χ3n) is 5.76. The molecule has 0 radical (unpaired) electrons. The Hall–Kier alpha value is -3.11. The number of rotatable bonds is 5. The first kappa shape index (κ1) is 22.1. The standard InChI is InChI=1S/C21H22F4N4O3/c1-10-18-19(29(3)11(2)20(30)28-18)27-17(26-10)8-12-6-14(7-12)31-13-4-5-16(15(22)9-13)32-21(23,24)25/h4-5,9,11-12,14H,6-8H2,1-3H3,(H,28,30)/t11-,12?,14?/m0/s1. The smallest absolute Gasteiger partial charge is 0.490 e. The first-order valence-corrected chi connectivity index (χ1v) is 10.1. The van der Waals surface area contributed by atoms with E-state index in [-0.39, 0.29) is 29.7 Å². The number of halogens is 4. The molecule has 1 aliphatic heterocycles. The summed E-state index contributed by atoms with van der Waals surface area (Å²) < 4.78 is 59.8. The number of hydrogen-bond donors (Lipinski definition) is 1. The van der Waals surface area contributed by atoms with Gasteiger partial charge in [-0.2, -0.15) is 0 Å². The highest BCUT2D eigenvalue weighted by Gasteiger charge is 2.35. The lowest BCUT2D eigenvalue weighted by Crippen LogP contribution is -2.45. The molecule has 0 bridgehead atoms. The van der Waals surface area contributed by atoms with E-state index in [0.29, 0.717) is 42.3 Å². The van der Waals surface area contributed by atoms with Crippen molar-refractivity contribution in [2.75, 3.05) is 17.3 Å². The van der Waals surface area contributed by atoms with Gasteiger partial charge in [-0.25, -0.2) is 14.4 Å². The van der Waals surface area contributed by atoms with Crippen LogP contribution in [0.3, 0.4) is 0 Å². The first-order chi connectivity index (χ1) is 15.0. The summed E-state index contributed by atoms with van der Waals surface area (Å²) >= 11 is 0. The van der Waals surface area contributed by atoms with Crippen molar-refractivity contribution in [3.63, 3.8) is 0 Å². The van der Waals surface area contributed by atoms with Crippen LogP contribution in [-0.2, 0) is 11.2 Å². The predicted octanol–water partition coefficient (Wildman–Crippen LogP) is 4.00. The van der Waals surface area contributed by atoms with Gasteiger partial charge in [0.2, 0.25) is 5.91 Å². The van der Waals surface area contributed by atoms with Crippen LogP contribution in [0.25, 0.3) is 0 Å². The van der Waals surface area contributed by atoms with Crippen molar-refractivity contribution in [3.05, 3.63) is 35.5 Å². The van der Waals surface area contributed by atoms with E-state index in [1.165, 1.54) is 6.07 Å². The van der Waals surface area contributed by atoms with Gasteiger partial charge < -0.3 is 19.7 Å². The minimum atomic E-state index is -4.96. The Balaban J connectivity index is 1.35. The van der Waals surface area contributed by atoms with Crippen LogP contribution in [-0.4, -0.2) is 41.4 Å². The van der Waals surface area contributed by atoms with Crippen LogP contribution in [0, 0.1) is 18.7 Å². The quantitative estimate of drug-likeness (QED) is 0.689. The van der Waals surface area contributed by atoms with Gasteiger partial charge in [0, 0.05) is 19.5 Å². The molecule has 1 fully saturated rings. The molecule has 2 heterocycles. The second kappa shape index (κ2) is 8.10. The number of carbonyl (C=O) groups excluding carboxylic acids is 1. The fourth-order valence-corrected chi connectivity index (χ4v) is 3.84. The average Bonchev–Trinajstić information content (AvgIpc) is 2.67. The normalized spacial score (nSPS) is 22.7. The number of benzene rings is 1. The summed E-state index contributed by atoms with van der Waals surface area (Å²) in [5, 5.41) is 2.84. The second-order valence-corrected chi connectivity index (χ2v) is 8.12. The third-order valence-corrected chi connectivity index (χ3v) is 5.76. The van der Waals surface area contributed by atoms with Gasteiger partial charge in [0.15, 0.2) is 17.4 Å². The molecular weight excluding hydrogens is 432 g/mol. The Kier molecular flexibility index (Phi) is 5.59. The molecule has 1 aromatic heterocycles. The van der Waals surface area contributed by atoms with E-state index in [2.05, 4.69) is 20.0 Å². The van der Waals surface area contributed by atoms with Crippen molar-refractivity contribution in [2.45, 2.75) is 51.6 Å². The zero-order valence-corrected chi connectivity index (χ0v) is 17.7. The number of aryl methyl sites for hydroxylation is 1. The van der Waals surface area contributed by atoms with Crippen LogP contribution in [0.1, 0.15) is 31.3 Å². The Morgan fingerprint density at radius 3 is 2.62 bits per heavy atom. The van der Waals surface area contributed by atoms with E-state index >= 15 is 0 Å². The van der Waals surface area contributed by atoms with Crippen molar-refractivity contribution < 1.29 is 31.8 Å². The minimum Gasteiger partial charge on any atom is -0.490 e. The predicted molar refractivity (Wildman–Crippen MR) is 107 cm³/mol. The lowest BCUT2D eigenvalue weighted by atomic mass is 9.80. The largest absolute Gasteiger partial charge is 0.573 e. The zero-order chi connectivity index (χ0) is 23.2. The molecular formula is C21H22F4N4O3. The molecule has 172 valence electrons. The number of aromatic nitrogens is 2. The summed E-state index contributed by atoms with van der Waals surface area (Å²) in [6, 6.07) is 2.70. The van der Waals surface area contributed by atoms with Gasteiger partial charge in [0.25, 0.3) is 0 Å². The topological polar surface area (TPSA) is 76.6 Å². The molecule has 1 amide bonds. The van der Waals surface area contributed by atoms with Crippen LogP contribution in [0.15, 0.2) is 18.2 Å². The van der Waals surface area contributed by atoms with Crippen molar-refractivity contribution in [2.24, 2.45) is 5.92 Å². The van der Waals surface area contributed by atoms with Crippen LogP contribution >= 0.6 is 0 Å². The second-order valence-electron chi connectivity index (χ2n) is 8.12. The molecule has 4 rings (SSSR count). The van der Waals surface area contributed by atoms with Crippen LogP contribution < -0.4 is 19.7 Å². The molecule has 2 aliphatic rings. The van der Waals surface area contributed by atoms with Crippen LogP contribution in [0.4, 0.5) is 29.1 Å². The molecule has 0 spiro atoms. The molecule has 1 aliphatic carbocycles. The zero-order valence-electron chi connectivity index (χ0n) is 17.7. The van der Waals surface area contributed by atoms with Crippen molar-refractivity contribution in [3.8, 4) is 11.5 Å². The van der Waals surface area contributed by atoms with Gasteiger partial charge in [0.05, 0.1) is 11.8 Å². The Labute approximate surface area is 181 Å². The van der Waals surface area contributed by atoms with Gasteiger partial charge in [0.1, 0.15) is 23.3 Å². The number of amides is 1. The lowest BCUT2D eigenvalue weighted by Gasteiger charge is -2.36. The highest BCUT2D eigenvalue weighted by Crippen LogP contribution is 2.37. The number of nitrogens with one attached hydrogen (secondary N) is 1. The SMILES string of the molecule is Cc1nc(CC2CC(Oc3ccc(OC(F)(F)F)c(F)c3)C2)nc2c1NC(=O)[C@H](C)N2C. The number of ether oxygens (including phenoxy) is 2. The maximum absolute atomic E-state index is 13.8. The number of anilines is 2. The summed E-state index contributed by atoms with van der Waals surface area (Å²) in [5.74, 6) is -0.384. The summed E-state index contributed by atoms with van der Waals surface area (Å²) in [4.78, 5) is 23.0. The minimum absolute atomic E-state index is 0.104. The van der Waals surface area contributed by atoms with Gasteiger partial charge >= 0.3 is 6.36 Å². The summed E-state index contributed by atoms with van der Waals surface area (Å²) in [5.41, 5.74) is 1.31. The van der Waals surface area contributed by atoms with Crippen LogP contribution in [0.5, 0.6) is 11.5 Å². The molecule has 0 unspecified atom stereocenters. The van der Waals surface area contributed by atoms with Crippen LogP contribution in [0.2, 0.25) is 0 Å². The summed E-state index contributed by atoms with van der Waals surface area (Å²) in [7, 11) is 1.82. The maximum Gasteiger partial charge on any atom is 0.573 e. The number of carbonyl (C=O) groups is 1. The summed E-state index contributed by atoms with van der Waals surface area (Å²) in [6.45, 7) is 3.62. The Morgan fingerprint density at radius 2 is 1.97 bits per heavy atom. The molecule has 11 heteroatoms. The highest BCUT2D eigenvalue weighted by molar-refractivity contribution is 6.02. The fourth-order valence-electron chi connectivity index (χ4n) is 3.84. The molecule has 32 heavy (non-hydrogen) atoms. The maximum atomic E-state index is 13.8. The van der Waals surface area contributed by atoms with E-state index < -0.39 is 17.9 Å². The Morgan fingerprint density at radius 1 is 1.25 bits per heavy atom. The molecule has 0 saturated heterocycles. The van der Waals surface area contributed by atoms with E-state index in [4.69, 9.17) is 4.74 Å². The van der Waals surface area contributed by atoms with E-state index in [1.54, 1.807) is 6.92 Å². The summed E-state index contributed by atoms with van der Waals surface area (Å²) in [6.07, 6.45) is -3.14. The van der Waals surface area contributed by atoms with Crippen molar-refractivity contribution in [1.29, 1.82) is 0 Å². The third kappa shape index (κ3) is 4.56. The number of hydrogen-bond acceptors (Lipinski definition) is 6. The Bertz CT molecular complexity index is 1040. The molecule has 2 aromatic rings. The number of nitrogens with zero attached hydrogens (tertiary/aromatic N) is 3. The van der Waals surface area contributed by atoms with Gasteiger partial charge in [-0.3, -0.25) is 4.79 Å². The van der Waals surface area contributed by atoms with E-state index in [0.717, 1.165) is 12.1 Å². The molecule has 7 nitrogen and oxygen atoms in total. The van der Waals surface area contributed by atoms with E-state index in [9.17, 15) is 22.4 Å². The van der Waals surface area contributed by atoms with Crippen molar-refractivity contribution in [1.82, 2.24) is 9.97 Å². The fraction of sp³-hybridized carbons (Fsp3) is 0.476. The number of likely N-dealkylation sites (N-methyl/N-ethyl adjacent to an activating group) is 1. The van der Waals surface area contributed by atoms with Crippen molar-refractivity contribution >= 4 is 17.4 Å².